The van der Waals surface area contributed by atoms with Crippen molar-refractivity contribution >= 4 is 27.6 Å². The van der Waals surface area contributed by atoms with Gasteiger partial charge in [-0.3, -0.25) is 9.59 Å². The highest BCUT2D eigenvalue weighted by atomic mass is 79.9. The Labute approximate surface area is 149 Å². The topological polar surface area (TPSA) is 63.4 Å². The fourth-order valence-corrected chi connectivity index (χ4v) is 3.25. The van der Waals surface area contributed by atoms with E-state index in [1.165, 1.54) is 0 Å². The highest BCUT2D eigenvalue weighted by molar-refractivity contribution is 9.10. The van der Waals surface area contributed by atoms with E-state index >= 15 is 0 Å². The van der Waals surface area contributed by atoms with Crippen molar-refractivity contribution in [3.8, 4) is 0 Å². The summed E-state index contributed by atoms with van der Waals surface area (Å²) in [4.78, 5) is 27.4. The van der Waals surface area contributed by atoms with E-state index in [1.807, 2.05) is 12.1 Å². The summed E-state index contributed by atoms with van der Waals surface area (Å²) in [7, 11) is 0. The van der Waals surface area contributed by atoms with E-state index in [-0.39, 0.29) is 17.7 Å². The van der Waals surface area contributed by atoms with Gasteiger partial charge < -0.3 is 10.6 Å². The Bertz CT molecular complexity index is 758. The van der Waals surface area contributed by atoms with Crippen LogP contribution in [-0.2, 0) is 0 Å². The number of piperidine rings is 1. The van der Waals surface area contributed by atoms with Gasteiger partial charge in [-0.15, -0.1) is 0 Å². The second-order valence-electron chi connectivity index (χ2n) is 6.04. The predicted octanol–water partition coefficient (Wildman–Crippen LogP) is 3.24. The minimum Gasteiger partial charge on any atom is -0.337 e. The van der Waals surface area contributed by atoms with Gasteiger partial charge in [-0.25, -0.2) is 0 Å². The molecule has 0 aromatic heterocycles. The van der Waals surface area contributed by atoms with Gasteiger partial charge in [0.1, 0.15) is 0 Å². The maximum absolute atomic E-state index is 12.9. The molecular weight excluding hydrogens is 368 g/mol. The molecule has 1 fully saturated rings. The Morgan fingerprint density at radius 3 is 2.38 bits per heavy atom. The molecule has 124 valence electrons. The zero-order chi connectivity index (χ0) is 17.1. The molecule has 2 N–H and O–H groups in total. The van der Waals surface area contributed by atoms with Crippen molar-refractivity contribution in [1.82, 2.24) is 4.90 Å². The largest absolute Gasteiger partial charge is 0.337 e. The number of ketones is 1. The molecule has 0 saturated carbocycles. The number of benzene rings is 2. The maximum Gasteiger partial charge on any atom is 0.254 e. The standard InChI is InChI=1S/C19H19BrN2O2/c20-14-9-7-13(8-10-14)18(23)16-5-1-2-6-17(16)19(24)22-11-3-4-15(21)12-22/h1-2,5-10,15H,3-4,11-12,21H2. The Morgan fingerprint density at radius 1 is 1.04 bits per heavy atom. The lowest BCUT2D eigenvalue weighted by molar-refractivity contribution is 0.0705. The summed E-state index contributed by atoms with van der Waals surface area (Å²) in [5.74, 6) is -0.265. The molecule has 0 aliphatic carbocycles. The van der Waals surface area contributed by atoms with Crippen molar-refractivity contribution in [1.29, 1.82) is 0 Å². The highest BCUT2D eigenvalue weighted by Gasteiger charge is 2.25. The Balaban J connectivity index is 1.91. The van der Waals surface area contributed by atoms with Gasteiger partial charge in [-0.05, 0) is 43.2 Å². The maximum atomic E-state index is 12.9. The first-order valence-corrected chi connectivity index (χ1v) is 8.79. The van der Waals surface area contributed by atoms with E-state index in [1.54, 1.807) is 41.3 Å². The third-order valence-corrected chi connectivity index (χ3v) is 4.78. The number of halogens is 1. The van der Waals surface area contributed by atoms with Crippen molar-refractivity contribution in [3.05, 3.63) is 69.7 Å². The minimum atomic E-state index is -0.146. The summed E-state index contributed by atoms with van der Waals surface area (Å²) in [5, 5.41) is 0. The lowest BCUT2D eigenvalue weighted by Gasteiger charge is -2.31. The molecule has 0 radical (unpaired) electrons. The number of nitrogens with two attached hydrogens (primary N) is 1. The second-order valence-corrected chi connectivity index (χ2v) is 6.95. The van der Waals surface area contributed by atoms with Crippen LogP contribution in [0.5, 0.6) is 0 Å². The van der Waals surface area contributed by atoms with E-state index in [2.05, 4.69) is 15.9 Å². The first-order chi connectivity index (χ1) is 11.6. The van der Waals surface area contributed by atoms with Crippen LogP contribution in [0.1, 0.15) is 39.1 Å². The van der Waals surface area contributed by atoms with E-state index in [0.29, 0.717) is 29.8 Å². The lowest BCUT2D eigenvalue weighted by Crippen LogP contribution is -2.46. The molecule has 1 unspecified atom stereocenters. The van der Waals surface area contributed by atoms with Crippen LogP contribution < -0.4 is 5.73 Å². The van der Waals surface area contributed by atoms with Gasteiger partial charge in [0.2, 0.25) is 0 Å². The number of carbonyl (C=O) groups is 2. The Hall–Kier alpha value is -1.98. The summed E-state index contributed by atoms with van der Waals surface area (Å²) in [6.07, 6.45) is 1.83. The third-order valence-electron chi connectivity index (χ3n) is 4.25. The molecular formula is C19H19BrN2O2. The summed E-state index contributed by atoms with van der Waals surface area (Å²) >= 11 is 3.36. The first-order valence-electron chi connectivity index (χ1n) is 8.00. The summed E-state index contributed by atoms with van der Waals surface area (Å²) < 4.78 is 0.908. The quantitative estimate of drug-likeness (QED) is 0.823. The summed E-state index contributed by atoms with van der Waals surface area (Å²) in [6.45, 7) is 1.23. The molecule has 1 aliphatic heterocycles. The molecule has 1 heterocycles. The fourth-order valence-electron chi connectivity index (χ4n) is 2.99. The number of rotatable bonds is 3. The van der Waals surface area contributed by atoms with E-state index < -0.39 is 0 Å². The van der Waals surface area contributed by atoms with Gasteiger partial charge in [0.15, 0.2) is 5.78 Å². The average Bonchev–Trinajstić information content (AvgIpc) is 2.61. The van der Waals surface area contributed by atoms with Crippen molar-refractivity contribution < 1.29 is 9.59 Å². The number of carbonyl (C=O) groups excluding carboxylic acids is 2. The SMILES string of the molecule is NC1CCCN(C(=O)c2ccccc2C(=O)c2ccc(Br)cc2)C1. The smallest absolute Gasteiger partial charge is 0.254 e. The minimum absolute atomic E-state index is 0.0111. The van der Waals surface area contributed by atoms with Crippen LogP contribution in [0.15, 0.2) is 53.0 Å². The number of nitrogens with zero attached hydrogens (tertiary/aromatic N) is 1. The van der Waals surface area contributed by atoms with Crippen LogP contribution in [0.4, 0.5) is 0 Å². The van der Waals surface area contributed by atoms with Crippen molar-refractivity contribution in [2.75, 3.05) is 13.1 Å². The molecule has 0 bridgehead atoms. The molecule has 1 atom stereocenters. The number of hydrogen-bond donors (Lipinski definition) is 1. The van der Waals surface area contributed by atoms with E-state index in [0.717, 1.165) is 17.3 Å². The molecule has 3 rings (SSSR count). The van der Waals surface area contributed by atoms with E-state index in [4.69, 9.17) is 5.73 Å². The van der Waals surface area contributed by atoms with Gasteiger partial charge in [0.05, 0.1) is 5.56 Å². The molecule has 4 nitrogen and oxygen atoms in total. The molecule has 2 aromatic rings. The molecule has 24 heavy (non-hydrogen) atoms. The van der Waals surface area contributed by atoms with E-state index in [9.17, 15) is 9.59 Å². The number of hydrogen-bond acceptors (Lipinski definition) is 3. The second kappa shape index (κ2) is 7.28. The van der Waals surface area contributed by atoms with Crippen molar-refractivity contribution in [2.45, 2.75) is 18.9 Å². The van der Waals surface area contributed by atoms with Gasteiger partial charge in [-0.2, -0.15) is 0 Å². The highest BCUT2D eigenvalue weighted by Crippen LogP contribution is 2.20. The van der Waals surface area contributed by atoms with Crippen LogP contribution in [-0.4, -0.2) is 35.7 Å². The molecule has 2 aromatic carbocycles. The predicted molar refractivity (Wildman–Crippen MR) is 97.1 cm³/mol. The van der Waals surface area contributed by atoms with Crippen LogP contribution in [0, 0.1) is 0 Å². The molecule has 5 heteroatoms. The third kappa shape index (κ3) is 3.57. The number of likely N-dealkylation sites (tertiary alicyclic amines) is 1. The monoisotopic (exact) mass is 386 g/mol. The van der Waals surface area contributed by atoms with Gasteiger partial charge in [0, 0.05) is 34.7 Å². The van der Waals surface area contributed by atoms with Crippen LogP contribution in [0.25, 0.3) is 0 Å². The first kappa shape index (κ1) is 16.9. The van der Waals surface area contributed by atoms with Gasteiger partial charge in [-0.1, -0.05) is 34.1 Å². The fraction of sp³-hybridized carbons (Fsp3) is 0.263. The Kier molecular flexibility index (Phi) is 5.11. The normalized spacial score (nSPS) is 17.6. The lowest BCUT2D eigenvalue weighted by atomic mass is 9.96. The van der Waals surface area contributed by atoms with Crippen LogP contribution in [0.3, 0.4) is 0 Å². The zero-order valence-corrected chi connectivity index (χ0v) is 14.8. The Morgan fingerprint density at radius 2 is 1.71 bits per heavy atom. The molecule has 1 amide bonds. The van der Waals surface area contributed by atoms with Crippen molar-refractivity contribution in [2.24, 2.45) is 5.73 Å². The summed E-state index contributed by atoms with van der Waals surface area (Å²) in [5.41, 5.74) is 7.42. The van der Waals surface area contributed by atoms with Gasteiger partial charge >= 0.3 is 0 Å². The molecule has 0 spiro atoms. The zero-order valence-electron chi connectivity index (χ0n) is 13.2. The van der Waals surface area contributed by atoms with Crippen LogP contribution in [0.2, 0.25) is 0 Å². The molecule has 1 aliphatic rings. The number of amides is 1. The average molecular weight is 387 g/mol. The summed E-state index contributed by atoms with van der Waals surface area (Å²) in [6, 6.07) is 14.2. The van der Waals surface area contributed by atoms with Crippen molar-refractivity contribution in [3.63, 3.8) is 0 Å². The van der Waals surface area contributed by atoms with Gasteiger partial charge in [0.25, 0.3) is 5.91 Å². The van der Waals surface area contributed by atoms with Crippen LogP contribution >= 0.6 is 15.9 Å². The molecule has 1 saturated heterocycles.